The van der Waals surface area contributed by atoms with Crippen LogP contribution in [0.3, 0.4) is 0 Å². The molecule has 6 heteroatoms. The van der Waals surface area contributed by atoms with Crippen molar-refractivity contribution in [2.24, 2.45) is 0 Å². The van der Waals surface area contributed by atoms with E-state index in [9.17, 15) is 18.0 Å². The van der Waals surface area contributed by atoms with E-state index in [0.29, 0.717) is 29.4 Å². The maximum Gasteiger partial charge on any atom is 0.343 e. The third-order valence-electron chi connectivity index (χ3n) is 3.89. The lowest BCUT2D eigenvalue weighted by Crippen LogP contribution is -2.08. The number of hydrogen-bond acceptors (Lipinski definition) is 3. The minimum Gasteiger partial charge on any atom is -0.490 e. The van der Waals surface area contributed by atoms with Crippen LogP contribution in [0.2, 0.25) is 0 Å². The van der Waals surface area contributed by atoms with Gasteiger partial charge in [-0.1, -0.05) is 24.8 Å². The molecule has 0 saturated carbocycles. The molecule has 0 saturated heterocycles. The fraction of sp³-hybridized carbons (Fsp3) is 0.0455. The first-order valence-corrected chi connectivity index (χ1v) is 8.29. The van der Waals surface area contributed by atoms with Crippen LogP contribution in [0, 0.1) is 5.82 Å². The normalized spacial score (nSPS) is 10.4. The lowest BCUT2D eigenvalue weighted by atomic mass is 10.1. The third kappa shape index (κ3) is 4.40. The number of rotatable bonds is 6. The van der Waals surface area contributed by atoms with E-state index in [1.165, 1.54) is 30.3 Å². The SMILES string of the molecule is C=CCOc1ccc(C(=O)Oc2ccc3c(F)c(C=C(F)F)ccc3c2)cc1. The Morgan fingerprint density at radius 2 is 1.71 bits per heavy atom. The maximum absolute atomic E-state index is 14.3. The van der Waals surface area contributed by atoms with Gasteiger partial charge in [0.1, 0.15) is 23.9 Å². The summed E-state index contributed by atoms with van der Waals surface area (Å²) in [5, 5.41) is 0.575. The second kappa shape index (κ2) is 8.43. The van der Waals surface area contributed by atoms with E-state index >= 15 is 0 Å². The number of ether oxygens (including phenoxy) is 2. The molecule has 3 rings (SSSR count). The van der Waals surface area contributed by atoms with Gasteiger partial charge in [-0.15, -0.1) is 0 Å². The first-order chi connectivity index (χ1) is 13.5. The molecule has 0 N–H and O–H groups in total. The molecule has 0 aliphatic heterocycles. The topological polar surface area (TPSA) is 35.5 Å². The molecule has 0 aliphatic carbocycles. The number of esters is 1. The summed E-state index contributed by atoms with van der Waals surface area (Å²) in [6.07, 6.45) is 0.0909. The highest BCUT2D eigenvalue weighted by molar-refractivity contribution is 5.92. The van der Waals surface area contributed by atoms with Crippen LogP contribution in [0.5, 0.6) is 11.5 Å². The average molecular weight is 384 g/mol. The smallest absolute Gasteiger partial charge is 0.343 e. The molecule has 0 bridgehead atoms. The van der Waals surface area contributed by atoms with Gasteiger partial charge >= 0.3 is 5.97 Å². The molecule has 0 unspecified atom stereocenters. The summed E-state index contributed by atoms with van der Waals surface area (Å²) in [7, 11) is 0. The Kier molecular flexibility index (Phi) is 5.79. The minimum atomic E-state index is -1.98. The van der Waals surface area contributed by atoms with Crippen molar-refractivity contribution in [2.45, 2.75) is 0 Å². The Labute approximate surface area is 159 Å². The van der Waals surface area contributed by atoms with E-state index in [4.69, 9.17) is 9.47 Å². The van der Waals surface area contributed by atoms with E-state index in [0.717, 1.165) is 0 Å². The summed E-state index contributed by atoms with van der Waals surface area (Å²) in [5.41, 5.74) is 0.104. The highest BCUT2D eigenvalue weighted by Gasteiger charge is 2.12. The standard InChI is InChI=1S/C22H15F3O3/c1-2-11-27-17-7-5-14(6-8-17)22(26)28-18-9-10-19-15(12-18)3-4-16(21(19)25)13-20(23)24/h2-10,12-13H,1,11H2. The molecule has 0 heterocycles. The number of fused-ring (bicyclic) bond motifs is 1. The molecule has 3 nitrogen and oxygen atoms in total. The molecular formula is C22H15F3O3. The van der Waals surface area contributed by atoms with Gasteiger partial charge in [0, 0.05) is 17.0 Å². The molecule has 0 atom stereocenters. The molecule has 3 aromatic carbocycles. The van der Waals surface area contributed by atoms with Crippen LogP contribution in [0.1, 0.15) is 15.9 Å². The van der Waals surface area contributed by atoms with Gasteiger partial charge in [-0.3, -0.25) is 0 Å². The molecule has 0 amide bonds. The molecule has 0 spiro atoms. The maximum atomic E-state index is 14.3. The number of benzene rings is 3. The van der Waals surface area contributed by atoms with Crippen molar-refractivity contribution < 1.29 is 27.4 Å². The second-order valence-corrected chi connectivity index (χ2v) is 5.80. The molecule has 28 heavy (non-hydrogen) atoms. The summed E-state index contributed by atoms with van der Waals surface area (Å²) < 4.78 is 49.7. The van der Waals surface area contributed by atoms with Crippen LogP contribution < -0.4 is 9.47 Å². The van der Waals surface area contributed by atoms with Crippen molar-refractivity contribution in [2.75, 3.05) is 6.61 Å². The van der Waals surface area contributed by atoms with E-state index in [2.05, 4.69) is 6.58 Å². The second-order valence-electron chi connectivity index (χ2n) is 5.80. The quantitative estimate of drug-likeness (QED) is 0.297. The first-order valence-electron chi connectivity index (χ1n) is 8.29. The van der Waals surface area contributed by atoms with Gasteiger partial charge in [0.15, 0.2) is 0 Å². The molecule has 3 aromatic rings. The van der Waals surface area contributed by atoms with E-state index in [1.807, 2.05) is 0 Å². The Balaban J connectivity index is 1.79. The molecular weight excluding hydrogens is 369 g/mol. The van der Waals surface area contributed by atoms with Crippen LogP contribution >= 0.6 is 0 Å². The van der Waals surface area contributed by atoms with Gasteiger partial charge in [-0.05, 0) is 47.9 Å². The van der Waals surface area contributed by atoms with Crippen molar-refractivity contribution in [1.29, 1.82) is 0 Å². The highest BCUT2D eigenvalue weighted by atomic mass is 19.3. The van der Waals surface area contributed by atoms with Gasteiger partial charge < -0.3 is 9.47 Å². The van der Waals surface area contributed by atoms with Crippen LogP contribution in [0.25, 0.3) is 16.8 Å². The first kappa shape index (κ1) is 19.2. The molecule has 0 radical (unpaired) electrons. The summed E-state index contributed by atoms with van der Waals surface area (Å²) in [6, 6.07) is 13.4. The van der Waals surface area contributed by atoms with Gasteiger partial charge in [0.05, 0.1) is 5.56 Å². The predicted octanol–water partition coefficient (Wildman–Crippen LogP) is 6.00. The van der Waals surface area contributed by atoms with Crippen molar-refractivity contribution in [3.8, 4) is 11.5 Å². The monoisotopic (exact) mass is 384 g/mol. The fourth-order valence-electron chi connectivity index (χ4n) is 2.59. The zero-order valence-corrected chi connectivity index (χ0v) is 14.6. The molecule has 142 valence electrons. The molecule has 0 aromatic heterocycles. The van der Waals surface area contributed by atoms with Gasteiger partial charge in [-0.2, -0.15) is 8.78 Å². The summed E-state index contributed by atoms with van der Waals surface area (Å²) in [5.74, 6) is -0.552. The van der Waals surface area contributed by atoms with Crippen LogP contribution in [-0.4, -0.2) is 12.6 Å². The van der Waals surface area contributed by atoms with Crippen molar-refractivity contribution >= 4 is 22.8 Å². The fourth-order valence-corrected chi connectivity index (χ4v) is 2.59. The Bertz CT molecular complexity index is 1050. The largest absolute Gasteiger partial charge is 0.490 e. The number of carbonyl (C=O) groups is 1. The van der Waals surface area contributed by atoms with Crippen molar-refractivity contribution in [3.63, 3.8) is 0 Å². The Morgan fingerprint density at radius 1 is 1.00 bits per heavy atom. The van der Waals surface area contributed by atoms with Gasteiger partial charge in [-0.25, -0.2) is 9.18 Å². The lowest BCUT2D eigenvalue weighted by Gasteiger charge is -2.08. The zero-order chi connectivity index (χ0) is 20.1. The molecule has 0 fully saturated rings. The van der Waals surface area contributed by atoms with Crippen LogP contribution in [-0.2, 0) is 0 Å². The number of halogens is 3. The summed E-state index contributed by atoms with van der Waals surface area (Å²) in [6.45, 7) is 3.91. The average Bonchev–Trinajstić information content (AvgIpc) is 2.68. The Morgan fingerprint density at radius 3 is 2.39 bits per heavy atom. The summed E-state index contributed by atoms with van der Waals surface area (Å²) >= 11 is 0. The Hall–Kier alpha value is -3.54. The summed E-state index contributed by atoms with van der Waals surface area (Å²) in [4.78, 5) is 12.3. The van der Waals surface area contributed by atoms with E-state index < -0.39 is 17.9 Å². The predicted molar refractivity (Wildman–Crippen MR) is 101 cm³/mol. The van der Waals surface area contributed by atoms with Crippen LogP contribution in [0.4, 0.5) is 13.2 Å². The lowest BCUT2D eigenvalue weighted by molar-refractivity contribution is 0.0735. The van der Waals surface area contributed by atoms with E-state index in [1.54, 1.807) is 30.3 Å². The molecule has 0 aliphatic rings. The number of hydrogen-bond donors (Lipinski definition) is 0. The zero-order valence-electron chi connectivity index (χ0n) is 14.6. The van der Waals surface area contributed by atoms with Gasteiger partial charge in [0.25, 0.3) is 6.08 Å². The van der Waals surface area contributed by atoms with Gasteiger partial charge in [0.2, 0.25) is 0 Å². The van der Waals surface area contributed by atoms with Crippen molar-refractivity contribution in [1.82, 2.24) is 0 Å². The van der Waals surface area contributed by atoms with Crippen molar-refractivity contribution in [3.05, 3.63) is 90.3 Å². The number of carbonyl (C=O) groups excluding carboxylic acids is 1. The third-order valence-corrected chi connectivity index (χ3v) is 3.89. The highest BCUT2D eigenvalue weighted by Crippen LogP contribution is 2.27. The van der Waals surface area contributed by atoms with Crippen LogP contribution in [0.15, 0.2) is 73.3 Å². The van der Waals surface area contributed by atoms with E-state index in [-0.39, 0.29) is 16.7 Å². The minimum absolute atomic E-state index is 0.151.